The van der Waals surface area contributed by atoms with Gasteiger partial charge in [0.1, 0.15) is 11.5 Å². The van der Waals surface area contributed by atoms with Gasteiger partial charge < -0.3 is 14.9 Å². The van der Waals surface area contributed by atoms with Gasteiger partial charge in [-0.05, 0) is 37.2 Å². The molecule has 2 N–H and O–H groups in total. The average Bonchev–Trinajstić information content (AvgIpc) is 2.93. The molecule has 100 valence electrons. The lowest BCUT2D eigenvalue weighted by molar-refractivity contribution is 0.0601. The van der Waals surface area contributed by atoms with Crippen LogP contribution in [0.25, 0.3) is 11.3 Å². The molecule has 1 heterocycles. The van der Waals surface area contributed by atoms with E-state index in [-0.39, 0.29) is 5.97 Å². The molecular formula is C15H17NO3. The average molecular weight is 259 g/mol. The van der Waals surface area contributed by atoms with Gasteiger partial charge in [0.15, 0.2) is 0 Å². The highest BCUT2D eigenvalue weighted by atomic mass is 16.5. The molecule has 0 saturated carbocycles. The molecule has 19 heavy (non-hydrogen) atoms. The Bertz CT molecular complexity index is 543. The van der Waals surface area contributed by atoms with Gasteiger partial charge in [0.2, 0.25) is 0 Å². The summed E-state index contributed by atoms with van der Waals surface area (Å²) in [4.78, 5) is 11.3. The van der Waals surface area contributed by atoms with Crippen molar-refractivity contribution < 1.29 is 13.9 Å². The van der Waals surface area contributed by atoms with E-state index in [1.165, 1.54) is 7.11 Å². The summed E-state index contributed by atoms with van der Waals surface area (Å²) in [5, 5.41) is 0. The van der Waals surface area contributed by atoms with Crippen LogP contribution >= 0.6 is 0 Å². The largest absolute Gasteiger partial charge is 0.465 e. The van der Waals surface area contributed by atoms with Gasteiger partial charge in [0.25, 0.3) is 0 Å². The lowest BCUT2D eigenvalue weighted by atomic mass is 10.1. The van der Waals surface area contributed by atoms with Crippen LogP contribution in [0.5, 0.6) is 0 Å². The van der Waals surface area contributed by atoms with Gasteiger partial charge in [-0.3, -0.25) is 0 Å². The van der Waals surface area contributed by atoms with Gasteiger partial charge in [-0.15, -0.1) is 0 Å². The first-order valence-corrected chi connectivity index (χ1v) is 6.22. The van der Waals surface area contributed by atoms with Crippen molar-refractivity contribution in [2.45, 2.75) is 12.8 Å². The Balaban J connectivity index is 2.13. The number of carbonyl (C=O) groups excluding carboxylic acids is 1. The maximum Gasteiger partial charge on any atom is 0.337 e. The van der Waals surface area contributed by atoms with E-state index in [0.29, 0.717) is 12.1 Å². The summed E-state index contributed by atoms with van der Waals surface area (Å²) in [7, 11) is 1.37. The van der Waals surface area contributed by atoms with Crippen molar-refractivity contribution in [2.75, 3.05) is 13.7 Å². The minimum atomic E-state index is -0.338. The summed E-state index contributed by atoms with van der Waals surface area (Å²) in [6.45, 7) is 0.657. The fourth-order valence-corrected chi connectivity index (χ4v) is 1.83. The molecule has 0 aliphatic carbocycles. The predicted octanol–water partition coefficient (Wildman–Crippen LogP) is 2.62. The van der Waals surface area contributed by atoms with Crippen molar-refractivity contribution in [1.29, 1.82) is 0 Å². The minimum absolute atomic E-state index is 0.338. The van der Waals surface area contributed by atoms with Crippen LogP contribution in [-0.2, 0) is 11.2 Å². The van der Waals surface area contributed by atoms with Crippen molar-refractivity contribution >= 4 is 5.97 Å². The second-order valence-electron chi connectivity index (χ2n) is 4.23. The Labute approximate surface area is 112 Å². The van der Waals surface area contributed by atoms with E-state index in [9.17, 15) is 4.79 Å². The summed E-state index contributed by atoms with van der Waals surface area (Å²) in [5.41, 5.74) is 6.93. The van der Waals surface area contributed by atoms with Crippen LogP contribution in [0.1, 0.15) is 22.5 Å². The first-order chi connectivity index (χ1) is 9.24. The molecule has 0 amide bonds. The smallest absolute Gasteiger partial charge is 0.337 e. The standard InChI is InChI=1S/C15H17NO3/c1-18-15(17)12-6-4-11(5-7-12)14-9-8-13(19-14)3-2-10-16/h4-9H,2-3,10,16H2,1H3. The van der Waals surface area contributed by atoms with E-state index in [4.69, 9.17) is 10.2 Å². The van der Waals surface area contributed by atoms with Crippen molar-refractivity contribution in [2.24, 2.45) is 5.73 Å². The van der Waals surface area contributed by atoms with Crippen molar-refractivity contribution in [3.63, 3.8) is 0 Å². The molecule has 0 radical (unpaired) electrons. The van der Waals surface area contributed by atoms with Crippen molar-refractivity contribution in [1.82, 2.24) is 0 Å². The van der Waals surface area contributed by atoms with Crippen molar-refractivity contribution in [3.8, 4) is 11.3 Å². The molecule has 4 heteroatoms. The molecule has 0 unspecified atom stereocenters. The van der Waals surface area contributed by atoms with Crippen LogP contribution in [0, 0.1) is 0 Å². The van der Waals surface area contributed by atoms with E-state index >= 15 is 0 Å². The maximum absolute atomic E-state index is 11.3. The lowest BCUT2D eigenvalue weighted by Gasteiger charge is -2.01. The maximum atomic E-state index is 11.3. The first-order valence-electron chi connectivity index (χ1n) is 6.22. The topological polar surface area (TPSA) is 65.5 Å². The SMILES string of the molecule is COC(=O)c1ccc(-c2ccc(CCCN)o2)cc1. The Morgan fingerprint density at radius 2 is 1.95 bits per heavy atom. The fourth-order valence-electron chi connectivity index (χ4n) is 1.83. The molecule has 4 nitrogen and oxygen atoms in total. The minimum Gasteiger partial charge on any atom is -0.465 e. The highest BCUT2D eigenvalue weighted by molar-refractivity contribution is 5.89. The normalized spacial score (nSPS) is 10.4. The molecule has 0 spiro atoms. The molecule has 0 saturated heterocycles. The van der Waals surface area contributed by atoms with Gasteiger partial charge >= 0.3 is 5.97 Å². The molecule has 0 aliphatic heterocycles. The van der Waals surface area contributed by atoms with Gasteiger partial charge in [-0.25, -0.2) is 4.79 Å². The summed E-state index contributed by atoms with van der Waals surface area (Å²) in [6, 6.07) is 11.0. The molecule has 0 atom stereocenters. The number of methoxy groups -OCH3 is 1. The number of benzene rings is 1. The van der Waals surface area contributed by atoms with Crippen molar-refractivity contribution in [3.05, 3.63) is 47.7 Å². The predicted molar refractivity (Wildman–Crippen MR) is 72.9 cm³/mol. The second-order valence-corrected chi connectivity index (χ2v) is 4.23. The van der Waals surface area contributed by atoms with Gasteiger partial charge in [-0.1, -0.05) is 12.1 Å². The lowest BCUT2D eigenvalue weighted by Crippen LogP contribution is -2.00. The summed E-state index contributed by atoms with van der Waals surface area (Å²) < 4.78 is 10.4. The van der Waals surface area contributed by atoms with E-state index in [1.807, 2.05) is 24.3 Å². The monoisotopic (exact) mass is 259 g/mol. The van der Waals surface area contributed by atoms with Gasteiger partial charge in [0, 0.05) is 12.0 Å². The molecule has 1 aromatic carbocycles. The van der Waals surface area contributed by atoms with E-state index in [0.717, 1.165) is 29.9 Å². The number of furan rings is 1. The highest BCUT2D eigenvalue weighted by Crippen LogP contribution is 2.23. The quantitative estimate of drug-likeness (QED) is 0.838. The van der Waals surface area contributed by atoms with E-state index in [1.54, 1.807) is 12.1 Å². The molecule has 2 rings (SSSR count). The zero-order chi connectivity index (χ0) is 13.7. The van der Waals surface area contributed by atoms with E-state index in [2.05, 4.69) is 4.74 Å². The molecule has 0 aliphatic rings. The third-order valence-corrected chi connectivity index (χ3v) is 2.88. The number of carbonyl (C=O) groups is 1. The fraction of sp³-hybridized carbons (Fsp3) is 0.267. The number of ether oxygens (including phenoxy) is 1. The number of esters is 1. The first kappa shape index (κ1) is 13.4. The Morgan fingerprint density at radius 1 is 1.21 bits per heavy atom. The number of rotatable bonds is 5. The van der Waals surface area contributed by atoms with Crippen LogP contribution in [-0.4, -0.2) is 19.6 Å². The zero-order valence-electron chi connectivity index (χ0n) is 10.9. The third-order valence-electron chi connectivity index (χ3n) is 2.88. The third kappa shape index (κ3) is 3.23. The number of aryl methyl sites for hydroxylation is 1. The van der Waals surface area contributed by atoms with Crippen LogP contribution in [0.2, 0.25) is 0 Å². The van der Waals surface area contributed by atoms with E-state index < -0.39 is 0 Å². The highest BCUT2D eigenvalue weighted by Gasteiger charge is 2.07. The summed E-state index contributed by atoms with van der Waals surface area (Å²) in [6.07, 6.45) is 1.75. The van der Waals surface area contributed by atoms with Crippen LogP contribution in [0.3, 0.4) is 0 Å². The van der Waals surface area contributed by atoms with Gasteiger partial charge in [0.05, 0.1) is 12.7 Å². The molecule has 0 bridgehead atoms. The molecule has 0 fully saturated rings. The number of nitrogens with two attached hydrogens (primary N) is 1. The summed E-state index contributed by atoms with van der Waals surface area (Å²) in [5.74, 6) is 1.38. The number of hydrogen-bond acceptors (Lipinski definition) is 4. The van der Waals surface area contributed by atoms with Crippen LogP contribution in [0.15, 0.2) is 40.8 Å². The Hall–Kier alpha value is -2.07. The molecule has 1 aromatic heterocycles. The van der Waals surface area contributed by atoms with Crippen LogP contribution < -0.4 is 5.73 Å². The van der Waals surface area contributed by atoms with Crippen LogP contribution in [0.4, 0.5) is 0 Å². The Kier molecular flexibility index (Phi) is 4.36. The molecule has 2 aromatic rings. The summed E-state index contributed by atoms with van der Waals surface area (Å²) >= 11 is 0. The Morgan fingerprint density at radius 3 is 2.58 bits per heavy atom. The molecular weight excluding hydrogens is 242 g/mol. The van der Waals surface area contributed by atoms with Gasteiger partial charge in [-0.2, -0.15) is 0 Å². The number of hydrogen-bond donors (Lipinski definition) is 1. The zero-order valence-corrected chi connectivity index (χ0v) is 10.9. The second kappa shape index (κ2) is 6.20.